The van der Waals surface area contributed by atoms with Gasteiger partial charge in [0.05, 0.1) is 0 Å². The van der Waals surface area contributed by atoms with Crippen molar-refractivity contribution in [2.45, 2.75) is 19.8 Å². The molecule has 0 radical (unpaired) electrons. The van der Waals surface area contributed by atoms with Gasteiger partial charge in [-0.25, -0.2) is 0 Å². The van der Waals surface area contributed by atoms with Gasteiger partial charge in [0.1, 0.15) is 6.29 Å². The van der Waals surface area contributed by atoms with Crippen molar-refractivity contribution < 1.29 is 9.90 Å². The van der Waals surface area contributed by atoms with Crippen LogP contribution in [-0.4, -0.2) is 31.1 Å². The summed E-state index contributed by atoms with van der Waals surface area (Å²) < 4.78 is 0. The van der Waals surface area contributed by atoms with Gasteiger partial charge >= 0.3 is 0 Å². The van der Waals surface area contributed by atoms with Crippen molar-refractivity contribution in [2.24, 2.45) is 5.92 Å². The molecule has 1 aromatic rings. The number of anilines is 1. The average molecular weight is 233 g/mol. The molecule has 1 heterocycles. The van der Waals surface area contributed by atoms with Crippen molar-refractivity contribution in [1.82, 2.24) is 0 Å². The molecule has 92 valence electrons. The van der Waals surface area contributed by atoms with Crippen LogP contribution < -0.4 is 4.90 Å². The Morgan fingerprint density at radius 1 is 1.53 bits per heavy atom. The van der Waals surface area contributed by atoms with Crippen molar-refractivity contribution in [2.75, 3.05) is 24.6 Å². The van der Waals surface area contributed by atoms with Gasteiger partial charge in [-0.15, -0.1) is 0 Å². The molecule has 3 nitrogen and oxygen atoms in total. The molecular formula is C14H19NO2. The minimum atomic E-state index is 0.279. The number of carbonyl (C=O) groups excluding carboxylic acids is 1. The van der Waals surface area contributed by atoms with Crippen LogP contribution in [0.15, 0.2) is 18.2 Å². The highest BCUT2D eigenvalue weighted by Crippen LogP contribution is 2.26. The summed E-state index contributed by atoms with van der Waals surface area (Å²) in [6.45, 7) is 4.31. The van der Waals surface area contributed by atoms with E-state index in [9.17, 15) is 4.79 Å². The Hall–Kier alpha value is -1.35. The molecule has 2 rings (SSSR count). The monoisotopic (exact) mass is 233 g/mol. The Morgan fingerprint density at radius 3 is 3.00 bits per heavy atom. The summed E-state index contributed by atoms with van der Waals surface area (Å²) in [7, 11) is 0. The van der Waals surface area contributed by atoms with Crippen LogP contribution in [-0.2, 0) is 0 Å². The van der Waals surface area contributed by atoms with E-state index in [1.165, 1.54) is 5.69 Å². The maximum absolute atomic E-state index is 10.8. The molecule has 1 aliphatic heterocycles. The molecule has 0 bridgehead atoms. The fraction of sp³-hybridized carbons (Fsp3) is 0.500. The number of rotatable bonds is 4. The van der Waals surface area contributed by atoms with Gasteiger partial charge in [0.15, 0.2) is 0 Å². The molecule has 17 heavy (non-hydrogen) atoms. The fourth-order valence-electron chi connectivity index (χ4n) is 2.47. The molecule has 1 aliphatic rings. The zero-order chi connectivity index (χ0) is 12.3. The molecule has 0 spiro atoms. The molecule has 0 saturated carbocycles. The number of nitrogens with zero attached hydrogens (tertiary/aromatic N) is 1. The topological polar surface area (TPSA) is 40.5 Å². The first kappa shape index (κ1) is 12.1. The van der Waals surface area contributed by atoms with Crippen LogP contribution in [0.5, 0.6) is 0 Å². The number of carbonyl (C=O) groups is 1. The summed E-state index contributed by atoms with van der Waals surface area (Å²) in [6.07, 6.45) is 2.94. The predicted molar refractivity (Wildman–Crippen MR) is 68.6 cm³/mol. The third kappa shape index (κ3) is 2.67. The Bertz CT molecular complexity index is 403. The summed E-state index contributed by atoms with van der Waals surface area (Å²) >= 11 is 0. The summed E-state index contributed by atoms with van der Waals surface area (Å²) in [5, 5.41) is 8.94. The third-order valence-corrected chi connectivity index (χ3v) is 3.57. The summed E-state index contributed by atoms with van der Waals surface area (Å²) in [4.78, 5) is 13.1. The second-order valence-corrected chi connectivity index (χ2v) is 4.77. The molecular weight excluding hydrogens is 214 g/mol. The first-order valence-corrected chi connectivity index (χ1v) is 6.16. The first-order valence-electron chi connectivity index (χ1n) is 6.16. The van der Waals surface area contributed by atoms with Gasteiger partial charge in [0.25, 0.3) is 0 Å². The highest BCUT2D eigenvalue weighted by atomic mass is 16.3. The molecule has 1 unspecified atom stereocenters. The minimum Gasteiger partial charge on any atom is -0.396 e. The summed E-state index contributed by atoms with van der Waals surface area (Å²) in [6, 6.07) is 5.97. The Labute approximate surface area is 102 Å². The highest BCUT2D eigenvalue weighted by molar-refractivity contribution is 5.78. The summed E-state index contributed by atoms with van der Waals surface area (Å²) in [5.74, 6) is 0.603. The largest absolute Gasteiger partial charge is 0.396 e. The highest BCUT2D eigenvalue weighted by Gasteiger charge is 2.22. The second kappa shape index (κ2) is 5.32. The van der Waals surface area contributed by atoms with E-state index in [-0.39, 0.29) is 6.61 Å². The standard InChI is InChI=1S/C14H19NO2/c1-11-8-14(3-2-13(11)10-17)15-6-4-12(9-15)5-7-16/h2-3,8,10,12,16H,4-7,9H2,1H3. The van der Waals surface area contributed by atoms with E-state index in [2.05, 4.69) is 11.0 Å². The Kier molecular flexibility index (Phi) is 3.79. The first-order chi connectivity index (χ1) is 8.24. The van der Waals surface area contributed by atoms with Crippen molar-refractivity contribution in [3.63, 3.8) is 0 Å². The van der Waals surface area contributed by atoms with E-state index in [1.807, 2.05) is 19.1 Å². The van der Waals surface area contributed by atoms with Crippen LogP contribution in [0.2, 0.25) is 0 Å². The minimum absolute atomic E-state index is 0.279. The maximum atomic E-state index is 10.8. The molecule has 1 fully saturated rings. The quantitative estimate of drug-likeness (QED) is 0.809. The van der Waals surface area contributed by atoms with Gasteiger partial charge < -0.3 is 10.0 Å². The number of hydrogen-bond donors (Lipinski definition) is 1. The lowest BCUT2D eigenvalue weighted by Crippen LogP contribution is -2.20. The zero-order valence-electron chi connectivity index (χ0n) is 10.2. The lowest BCUT2D eigenvalue weighted by molar-refractivity contribution is 0.112. The van der Waals surface area contributed by atoms with Crippen molar-refractivity contribution >= 4 is 12.0 Å². The number of benzene rings is 1. The maximum Gasteiger partial charge on any atom is 0.150 e. The van der Waals surface area contributed by atoms with E-state index < -0.39 is 0 Å². The van der Waals surface area contributed by atoms with Crippen LogP contribution in [0.3, 0.4) is 0 Å². The zero-order valence-corrected chi connectivity index (χ0v) is 10.2. The SMILES string of the molecule is Cc1cc(N2CCC(CCO)C2)ccc1C=O. The summed E-state index contributed by atoms with van der Waals surface area (Å²) in [5.41, 5.74) is 2.98. The van der Waals surface area contributed by atoms with E-state index in [4.69, 9.17) is 5.11 Å². The number of hydrogen-bond acceptors (Lipinski definition) is 3. The lowest BCUT2D eigenvalue weighted by atomic mass is 10.1. The molecule has 1 saturated heterocycles. The molecule has 0 aliphatic carbocycles. The van der Waals surface area contributed by atoms with E-state index in [0.29, 0.717) is 5.92 Å². The predicted octanol–water partition coefficient (Wildman–Crippen LogP) is 2.02. The normalized spacial score (nSPS) is 19.6. The molecule has 1 N–H and O–H groups in total. The van der Waals surface area contributed by atoms with Crippen LogP contribution in [0.25, 0.3) is 0 Å². The molecule has 0 amide bonds. The number of aliphatic hydroxyl groups excluding tert-OH is 1. The van der Waals surface area contributed by atoms with E-state index >= 15 is 0 Å². The van der Waals surface area contributed by atoms with Gasteiger partial charge in [0.2, 0.25) is 0 Å². The third-order valence-electron chi connectivity index (χ3n) is 3.57. The van der Waals surface area contributed by atoms with Crippen LogP contribution in [0.4, 0.5) is 5.69 Å². The van der Waals surface area contributed by atoms with Crippen LogP contribution in [0.1, 0.15) is 28.8 Å². The fourth-order valence-corrected chi connectivity index (χ4v) is 2.47. The number of aldehydes is 1. The number of aliphatic hydroxyl groups is 1. The average Bonchev–Trinajstić information content (AvgIpc) is 2.78. The van der Waals surface area contributed by atoms with Crippen LogP contribution >= 0.6 is 0 Å². The van der Waals surface area contributed by atoms with Gasteiger partial charge in [-0.05, 0) is 49.4 Å². The second-order valence-electron chi connectivity index (χ2n) is 4.77. The molecule has 1 aromatic carbocycles. The van der Waals surface area contributed by atoms with Crippen molar-refractivity contribution in [3.8, 4) is 0 Å². The molecule has 3 heteroatoms. The molecule has 1 atom stereocenters. The van der Waals surface area contributed by atoms with Gasteiger partial charge in [-0.2, -0.15) is 0 Å². The van der Waals surface area contributed by atoms with Crippen LogP contribution in [0, 0.1) is 12.8 Å². The van der Waals surface area contributed by atoms with Gasteiger partial charge in [0, 0.05) is 30.9 Å². The lowest BCUT2D eigenvalue weighted by Gasteiger charge is -2.19. The number of aryl methyl sites for hydroxylation is 1. The van der Waals surface area contributed by atoms with Crippen molar-refractivity contribution in [1.29, 1.82) is 0 Å². The van der Waals surface area contributed by atoms with E-state index in [1.54, 1.807) is 0 Å². The Morgan fingerprint density at radius 2 is 2.35 bits per heavy atom. The smallest absolute Gasteiger partial charge is 0.150 e. The van der Waals surface area contributed by atoms with Gasteiger partial charge in [-0.3, -0.25) is 4.79 Å². The Balaban J connectivity index is 2.08. The molecule has 0 aromatic heterocycles. The van der Waals surface area contributed by atoms with Crippen molar-refractivity contribution in [3.05, 3.63) is 29.3 Å². The van der Waals surface area contributed by atoms with E-state index in [0.717, 1.165) is 43.3 Å². The van der Waals surface area contributed by atoms with Gasteiger partial charge in [-0.1, -0.05) is 0 Å².